The molecule has 0 bridgehead atoms. The molecule has 1 aromatic heterocycles. The number of fused-ring (bicyclic) bond motifs is 1. The Hall–Kier alpha value is -1.45. The molecule has 0 radical (unpaired) electrons. The van der Waals surface area contributed by atoms with Crippen LogP contribution in [0.15, 0.2) is 36.7 Å². The molecular weight excluding hydrogens is 248 g/mol. The van der Waals surface area contributed by atoms with Gasteiger partial charge in [-0.25, -0.2) is 4.84 Å². The smallest absolute Gasteiger partial charge is 0.165 e. The second kappa shape index (κ2) is 6.47. The minimum atomic E-state index is 0.147. The summed E-state index contributed by atoms with van der Waals surface area (Å²) in [6.07, 6.45) is 5.71. The number of pyridine rings is 1. The molecule has 2 aromatic rings. The Morgan fingerprint density at radius 3 is 2.89 bits per heavy atom. The average Bonchev–Trinajstić information content (AvgIpc) is 2.43. The van der Waals surface area contributed by atoms with Gasteiger partial charge in [-0.05, 0) is 30.0 Å². The summed E-state index contributed by atoms with van der Waals surface area (Å²) in [4.78, 5) is 18.8. The van der Waals surface area contributed by atoms with Gasteiger partial charge in [-0.3, -0.25) is 9.78 Å². The number of rotatable bonds is 6. The standard InChI is InChI=1S/C14H15ClN2O/c15-17-8-4-3-7-14(18)13-10-16-9-11-5-1-2-6-12(11)13/h1-2,5-6,9-10,17H,3-4,7-8H2. The van der Waals surface area contributed by atoms with Gasteiger partial charge in [0.15, 0.2) is 5.78 Å². The summed E-state index contributed by atoms with van der Waals surface area (Å²) in [5, 5.41) is 1.98. The molecule has 2 rings (SSSR count). The zero-order chi connectivity index (χ0) is 12.8. The van der Waals surface area contributed by atoms with E-state index in [0.717, 1.165) is 30.2 Å². The summed E-state index contributed by atoms with van der Waals surface area (Å²) >= 11 is 5.37. The van der Waals surface area contributed by atoms with Gasteiger partial charge >= 0.3 is 0 Å². The van der Waals surface area contributed by atoms with E-state index in [1.165, 1.54) is 0 Å². The molecular formula is C14H15ClN2O. The van der Waals surface area contributed by atoms with E-state index in [1.54, 1.807) is 12.4 Å². The molecule has 1 aromatic carbocycles. The highest BCUT2D eigenvalue weighted by Gasteiger charge is 2.09. The second-order valence-electron chi connectivity index (χ2n) is 4.17. The van der Waals surface area contributed by atoms with E-state index in [0.29, 0.717) is 12.0 Å². The number of carbonyl (C=O) groups is 1. The molecule has 0 spiro atoms. The third-order valence-corrected chi connectivity index (χ3v) is 3.08. The largest absolute Gasteiger partial charge is 0.294 e. The maximum absolute atomic E-state index is 12.1. The van der Waals surface area contributed by atoms with Crippen LogP contribution < -0.4 is 4.84 Å². The Bertz CT molecular complexity index is 537. The van der Waals surface area contributed by atoms with Gasteiger partial charge in [0, 0.05) is 36.3 Å². The zero-order valence-electron chi connectivity index (χ0n) is 10.0. The van der Waals surface area contributed by atoms with Crippen LogP contribution in [0.3, 0.4) is 0 Å². The normalized spacial score (nSPS) is 10.7. The topological polar surface area (TPSA) is 42.0 Å². The first-order valence-corrected chi connectivity index (χ1v) is 6.40. The van der Waals surface area contributed by atoms with Crippen LogP contribution in [0.5, 0.6) is 0 Å². The molecule has 94 valence electrons. The summed E-state index contributed by atoms with van der Waals surface area (Å²) in [6.45, 7) is 0.725. The molecule has 0 amide bonds. The van der Waals surface area contributed by atoms with Gasteiger partial charge in [0.2, 0.25) is 0 Å². The number of nitrogens with one attached hydrogen (secondary N) is 1. The van der Waals surface area contributed by atoms with E-state index in [9.17, 15) is 4.79 Å². The molecule has 0 aliphatic carbocycles. The Morgan fingerprint density at radius 2 is 2.06 bits per heavy atom. The van der Waals surface area contributed by atoms with E-state index >= 15 is 0 Å². The van der Waals surface area contributed by atoms with Crippen molar-refractivity contribution in [3.8, 4) is 0 Å². The Kier molecular flexibility index (Phi) is 4.67. The number of ketones is 1. The van der Waals surface area contributed by atoms with Gasteiger partial charge in [0.1, 0.15) is 0 Å². The fourth-order valence-electron chi connectivity index (χ4n) is 1.95. The number of hydrogen-bond acceptors (Lipinski definition) is 3. The van der Waals surface area contributed by atoms with E-state index in [-0.39, 0.29) is 5.78 Å². The molecule has 0 aliphatic heterocycles. The van der Waals surface area contributed by atoms with Crippen molar-refractivity contribution >= 4 is 28.3 Å². The maximum Gasteiger partial charge on any atom is 0.165 e. The number of benzene rings is 1. The number of Topliss-reactive ketones (excluding diaryl/α,β-unsaturated/α-hetero) is 1. The van der Waals surface area contributed by atoms with Crippen molar-refractivity contribution < 1.29 is 4.79 Å². The highest BCUT2D eigenvalue weighted by molar-refractivity contribution is 6.13. The van der Waals surface area contributed by atoms with Gasteiger partial charge in [-0.15, -0.1) is 0 Å². The number of hydrogen-bond donors (Lipinski definition) is 1. The molecule has 0 unspecified atom stereocenters. The third-order valence-electron chi connectivity index (χ3n) is 2.89. The highest BCUT2D eigenvalue weighted by atomic mass is 35.5. The van der Waals surface area contributed by atoms with Gasteiger partial charge in [-0.2, -0.15) is 0 Å². The van der Waals surface area contributed by atoms with E-state index in [2.05, 4.69) is 9.82 Å². The Morgan fingerprint density at radius 1 is 1.22 bits per heavy atom. The van der Waals surface area contributed by atoms with E-state index in [4.69, 9.17) is 11.8 Å². The SMILES string of the molecule is O=C(CCCCNCl)c1cncc2ccccc12. The van der Waals surface area contributed by atoms with Crippen LogP contribution in [0.2, 0.25) is 0 Å². The van der Waals surface area contributed by atoms with Crippen LogP contribution in [-0.2, 0) is 0 Å². The van der Waals surface area contributed by atoms with Crippen molar-refractivity contribution in [3.63, 3.8) is 0 Å². The third kappa shape index (κ3) is 3.06. The van der Waals surface area contributed by atoms with Crippen LogP contribution in [0.1, 0.15) is 29.6 Å². The van der Waals surface area contributed by atoms with Crippen molar-refractivity contribution in [3.05, 3.63) is 42.2 Å². The summed E-state index contributed by atoms with van der Waals surface area (Å²) in [6, 6.07) is 7.82. The molecule has 1 N–H and O–H groups in total. The molecule has 0 fully saturated rings. The second-order valence-corrected chi connectivity index (χ2v) is 4.44. The van der Waals surface area contributed by atoms with Gasteiger partial charge < -0.3 is 0 Å². The van der Waals surface area contributed by atoms with Crippen molar-refractivity contribution in [2.24, 2.45) is 0 Å². The lowest BCUT2D eigenvalue weighted by atomic mass is 10.0. The van der Waals surface area contributed by atoms with Crippen molar-refractivity contribution in [2.45, 2.75) is 19.3 Å². The minimum absolute atomic E-state index is 0.147. The number of nitrogens with zero attached hydrogens (tertiary/aromatic N) is 1. The Balaban J connectivity index is 2.13. The summed E-state index contributed by atoms with van der Waals surface area (Å²) in [7, 11) is 0. The number of carbonyl (C=O) groups excluding carboxylic acids is 1. The molecule has 0 aliphatic rings. The van der Waals surface area contributed by atoms with Crippen molar-refractivity contribution in [1.29, 1.82) is 0 Å². The molecule has 3 nitrogen and oxygen atoms in total. The average molecular weight is 263 g/mol. The van der Waals surface area contributed by atoms with Crippen LogP contribution in [0.25, 0.3) is 10.8 Å². The molecule has 18 heavy (non-hydrogen) atoms. The van der Waals surface area contributed by atoms with Crippen LogP contribution in [0.4, 0.5) is 0 Å². The van der Waals surface area contributed by atoms with E-state index in [1.807, 2.05) is 24.3 Å². The maximum atomic E-state index is 12.1. The first kappa shape index (κ1) is 13.0. The highest BCUT2D eigenvalue weighted by Crippen LogP contribution is 2.19. The predicted molar refractivity (Wildman–Crippen MR) is 73.8 cm³/mol. The first-order valence-electron chi connectivity index (χ1n) is 6.02. The zero-order valence-corrected chi connectivity index (χ0v) is 10.8. The summed E-state index contributed by atoms with van der Waals surface area (Å²) in [5.41, 5.74) is 0.715. The molecule has 1 heterocycles. The van der Waals surface area contributed by atoms with Gasteiger partial charge in [0.05, 0.1) is 0 Å². The van der Waals surface area contributed by atoms with Crippen LogP contribution in [-0.4, -0.2) is 17.3 Å². The quantitative estimate of drug-likeness (QED) is 0.493. The first-order chi connectivity index (χ1) is 8.83. The van der Waals surface area contributed by atoms with Crippen molar-refractivity contribution in [2.75, 3.05) is 6.54 Å². The number of aromatic nitrogens is 1. The number of halogens is 1. The van der Waals surface area contributed by atoms with Gasteiger partial charge in [0.25, 0.3) is 0 Å². The van der Waals surface area contributed by atoms with E-state index < -0.39 is 0 Å². The van der Waals surface area contributed by atoms with Crippen LogP contribution in [0, 0.1) is 0 Å². The van der Waals surface area contributed by atoms with Crippen molar-refractivity contribution in [1.82, 2.24) is 9.82 Å². The lowest BCUT2D eigenvalue weighted by Crippen LogP contribution is -2.04. The fourth-order valence-corrected chi connectivity index (χ4v) is 2.08. The molecule has 0 saturated carbocycles. The lowest BCUT2D eigenvalue weighted by molar-refractivity contribution is 0.0981. The Labute approximate surface area is 111 Å². The lowest BCUT2D eigenvalue weighted by Gasteiger charge is -2.05. The monoisotopic (exact) mass is 262 g/mol. The molecule has 4 heteroatoms. The van der Waals surface area contributed by atoms with Gasteiger partial charge in [-0.1, -0.05) is 24.3 Å². The predicted octanol–water partition coefficient (Wildman–Crippen LogP) is 3.33. The summed E-state index contributed by atoms with van der Waals surface area (Å²) in [5.74, 6) is 0.147. The minimum Gasteiger partial charge on any atom is -0.294 e. The fraction of sp³-hybridized carbons (Fsp3) is 0.286. The molecule has 0 atom stereocenters. The molecule has 0 saturated heterocycles. The summed E-state index contributed by atoms with van der Waals surface area (Å²) < 4.78 is 0. The van der Waals surface area contributed by atoms with Crippen LogP contribution >= 0.6 is 11.8 Å². The number of unbranched alkanes of at least 4 members (excludes halogenated alkanes) is 1.